The van der Waals surface area contributed by atoms with Gasteiger partial charge in [-0.3, -0.25) is 4.79 Å². The highest BCUT2D eigenvalue weighted by molar-refractivity contribution is 5.78. The SMILES string of the molecule is CC(C)C(=O)N(C)C(c1ccccc1)c1ccccc1. The normalized spacial score (nSPS) is 10.8. The van der Waals surface area contributed by atoms with Crippen LogP contribution < -0.4 is 0 Å². The van der Waals surface area contributed by atoms with Crippen molar-refractivity contribution in [2.75, 3.05) is 7.05 Å². The summed E-state index contributed by atoms with van der Waals surface area (Å²) in [6, 6.07) is 20.3. The van der Waals surface area contributed by atoms with Gasteiger partial charge in [0.05, 0.1) is 6.04 Å². The molecule has 0 bridgehead atoms. The van der Waals surface area contributed by atoms with Crippen molar-refractivity contribution < 1.29 is 4.79 Å². The molecule has 2 nitrogen and oxygen atoms in total. The van der Waals surface area contributed by atoms with Gasteiger partial charge < -0.3 is 4.90 Å². The first-order chi connectivity index (χ1) is 9.61. The van der Waals surface area contributed by atoms with Crippen LogP contribution in [0.2, 0.25) is 0 Å². The van der Waals surface area contributed by atoms with Gasteiger partial charge in [0.15, 0.2) is 0 Å². The molecule has 20 heavy (non-hydrogen) atoms. The Kier molecular flexibility index (Phi) is 4.57. The lowest BCUT2D eigenvalue weighted by molar-refractivity contribution is -0.134. The first-order valence-electron chi connectivity index (χ1n) is 6.98. The highest BCUT2D eigenvalue weighted by Gasteiger charge is 2.24. The van der Waals surface area contributed by atoms with Crippen molar-refractivity contribution in [2.45, 2.75) is 19.9 Å². The van der Waals surface area contributed by atoms with Crippen LogP contribution in [0.25, 0.3) is 0 Å². The van der Waals surface area contributed by atoms with Crippen molar-refractivity contribution in [3.63, 3.8) is 0 Å². The Morgan fingerprint density at radius 1 is 0.850 bits per heavy atom. The smallest absolute Gasteiger partial charge is 0.225 e. The van der Waals surface area contributed by atoms with Crippen LogP contribution in [-0.4, -0.2) is 17.9 Å². The van der Waals surface area contributed by atoms with Crippen molar-refractivity contribution in [1.29, 1.82) is 0 Å². The summed E-state index contributed by atoms with van der Waals surface area (Å²) in [7, 11) is 1.88. The van der Waals surface area contributed by atoms with Crippen LogP contribution in [0, 0.1) is 5.92 Å². The van der Waals surface area contributed by atoms with Gasteiger partial charge in [0.2, 0.25) is 5.91 Å². The molecule has 104 valence electrons. The number of amides is 1. The standard InChI is InChI=1S/C18H21NO/c1-14(2)18(20)19(3)17(15-10-6-4-7-11-15)16-12-8-5-9-13-16/h4-14,17H,1-3H3. The summed E-state index contributed by atoms with van der Waals surface area (Å²) < 4.78 is 0. The molecule has 0 aromatic heterocycles. The van der Waals surface area contributed by atoms with E-state index in [0.29, 0.717) is 0 Å². The Labute approximate surface area is 121 Å². The summed E-state index contributed by atoms with van der Waals surface area (Å²) in [5.41, 5.74) is 2.27. The molecule has 0 unspecified atom stereocenters. The number of carbonyl (C=O) groups is 1. The molecular weight excluding hydrogens is 246 g/mol. The lowest BCUT2D eigenvalue weighted by atomic mass is 9.96. The molecule has 0 aliphatic rings. The number of rotatable bonds is 4. The summed E-state index contributed by atoms with van der Waals surface area (Å²) >= 11 is 0. The molecule has 0 saturated heterocycles. The summed E-state index contributed by atoms with van der Waals surface area (Å²) in [6.45, 7) is 3.87. The van der Waals surface area contributed by atoms with E-state index in [2.05, 4.69) is 24.3 Å². The largest absolute Gasteiger partial charge is 0.334 e. The van der Waals surface area contributed by atoms with Crippen molar-refractivity contribution in [2.24, 2.45) is 5.92 Å². The van der Waals surface area contributed by atoms with Gasteiger partial charge in [-0.2, -0.15) is 0 Å². The second-order valence-electron chi connectivity index (χ2n) is 5.33. The number of benzene rings is 2. The van der Waals surface area contributed by atoms with Crippen molar-refractivity contribution in [1.82, 2.24) is 4.90 Å². The minimum absolute atomic E-state index is 0.00470. The van der Waals surface area contributed by atoms with E-state index >= 15 is 0 Å². The lowest BCUT2D eigenvalue weighted by Crippen LogP contribution is -2.34. The zero-order chi connectivity index (χ0) is 14.5. The Bertz CT molecular complexity index is 509. The fraction of sp³-hybridized carbons (Fsp3) is 0.278. The molecule has 1 amide bonds. The molecule has 2 rings (SSSR count). The quantitative estimate of drug-likeness (QED) is 0.823. The first-order valence-corrected chi connectivity index (χ1v) is 6.98. The van der Waals surface area contributed by atoms with Crippen LogP contribution in [0.1, 0.15) is 31.0 Å². The fourth-order valence-electron chi connectivity index (χ4n) is 2.44. The zero-order valence-electron chi connectivity index (χ0n) is 12.3. The van der Waals surface area contributed by atoms with Crippen LogP contribution >= 0.6 is 0 Å². The van der Waals surface area contributed by atoms with Crippen molar-refractivity contribution in [3.8, 4) is 0 Å². The van der Waals surface area contributed by atoms with Gasteiger partial charge in [0.1, 0.15) is 0 Å². The molecule has 0 atom stereocenters. The molecule has 0 N–H and O–H groups in total. The molecule has 0 heterocycles. The second-order valence-corrected chi connectivity index (χ2v) is 5.33. The topological polar surface area (TPSA) is 20.3 Å². The van der Waals surface area contributed by atoms with E-state index in [1.54, 1.807) is 0 Å². The van der Waals surface area contributed by atoms with Crippen LogP contribution in [0.5, 0.6) is 0 Å². The Balaban J connectivity index is 2.43. The number of hydrogen-bond acceptors (Lipinski definition) is 1. The molecule has 0 aliphatic heterocycles. The molecule has 2 heteroatoms. The molecule has 0 spiro atoms. The van der Waals surface area contributed by atoms with E-state index in [1.807, 2.05) is 62.2 Å². The van der Waals surface area contributed by atoms with E-state index in [9.17, 15) is 4.79 Å². The Morgan fingerprint density at radius 2 is 1.25 bits per heavy atom. The van der Waals surface area contributed by atoms with E-state index in [1.165, 1.54) is 0 Å². The summed E-state index contributed by atoms with van der Waals surface area (Å²) in [4.78, 5) is 14.2. The lowest BCUT2D eigenvalue weighted by Gasteiger charge is -2.30. The summed E-state index contributed by atoms with van der Waals surface area (Å²) in [6.07, 6.45) is 0. The monoisotopic (exact) mass is 267 g/mol. The van der Waals surface area contributed by atoms with Crippen molar-refractivity contribution in [3.05, 3.63) is 71.8 Å². The highest BCUT2D eigenvalue weighted by atomic mass is 16.2. The molecule has 0 saturated carbocycles. The van der Waals surface area contributed by atoms with Gasteiger partial charge in [-0.15, -0.1) is 0 Å². The third kappa shape index (κ3) is 3.08. The highest BCUT2D eigenvalue weighted by Crippen LogP contribution is 2.28. The maximum absolute atomic E-state index is 12.4. The third-order valence-electron chi connectivity index (χ3n) is 3.46. The summed E-state index contributed by atoms with van der Waals surface area (Å²) in [5, 5.41) is 0. The van der Waals surface area contributed by atoms with Crippen LogP contribution in [0.3, 0.4) is 0 Å². The van der Waals surface area contributed by atoms with E-state index in [0.717, 1.165) is 11.1 Å². The molecule has 0 fully saturated rings. The number of nitrogens with zero attached hydrogens (tertiary/aromatic N) is 1. The first kappa shape index (κ1) is 14.3. The van der Waals surface area contributed by atoms with E-state index in [4.69, 9.17) is 0 Å². The van der Waals surface area contributed by atoms with E-state index in [-0.39, 0.29) is 17.9 Å². The predicted molar refractivity (Wildman–Crippen MR) is 82.3 cm³/mol. The molecule has 2 aromatic rings. The predicted octanol–water partition coefficient (Wildman–Crippen LogP) is 3.89. The van der Waals surface area contributed by atoms with Gasteiger partial charge in [0, 0.05) is 13.0 Å². The molecule has 0 radical (unpaired) electrons. The minimum Gasteiger partial charge on any atom is -0.334 e. The Hall–Kier alpha value is -2.09. The minimum atomic E-state index is -0.0349. The average molecular weight is 267 g/mol. The second kappa shape index (κ2) is 6.38. The number of carbonyl (C=O) groups excluding carboxylic acids is 1. The van der Waals surface area contributed by atoms with E-state index < -0.39 is 0 Å². The molecule has 2 aromatic carbocycles. The van der Waals surface area contributed by atoms with Crippen LogP contribution in [0.15, 0.2) is 60.7 Å². The van der Waals surface area contributed by atoms with Gasteiger partial charge in [-0.1, -0.05) is 74.5 Å². The maximum Gasteiger partial charge on any atom is 0.225 e. The molecular formula is C18H21NO. The van der Waals surface area contributed by atoms with Crippen molar-refractivity contribution >= 4 is 5.91 Å². The van der Waals surface area contributed by atoms with Gasteiger partial charge in [-0.05, 0) is 11.1 Å². The zero-order valence-corrected chi connectivity index (χ0v) is 12.3. The van der Waals surface area contributed by atoms with Crippen LogP contribution in [-0.2, 0) is 4.79 Å². The Morgan fingerprint density at radius 3 is 1.60 bits per heavy atom. The fourth-order valence-corrected chi connectivity index (χ4v) is 2.44. The van der Waals surface area contributed by atoms with Gasteiger partial charge in [0.25, 0.3) is 0 Å². The third-order valence-corrected chi connectivity index (χ3v) is 3.46. The summed E-state index contributed by atoms with van der Waals surface area (Å²) in [5.74, 6) is 0.151. The molecule has 0 aliphatic carbocycles. The van der Waals surface area contributed by atoms with Crippen LogP contribution in [0.4, 0.5) is 0 Å². The van der Waals surface area contributed by atoms with Gasteiger partial charge in [-0.25, -0.2) is 0 Å². The number of hydrogen-bond donors (Lipinski definition) is 0. The average Bonchev–Trinajstić information content (AvgIpc) is 2.48. The maximum atomic E-state index is 12.4. The van der Waals surface area contributed by atoms with Gasteiger partial charge >= 0.3 is 0 Å².